The zero-order chi connectivity index (χ0) is 13.7. The van der Waals surface area contributed by atoms with E-state index in [1.807, 2.05) is 18.2 Å². The largest absolute Gasteiger partial charge is 0.294 e. The van der Waals surface area contributed by atoms with E-state index in [4.69, 9.17) is 0 Å². The minimum absolute atomic E-state index is 0.265. The molecule has 2 nitrogen and oxygen atoms in total. The Kier molecular flexibility index (Phi) is 4.33. The Morgan fingerprint density at radius 2 is 1.68 bits per heavy atom. The highest BCUT2D eigenvalue weighted by atomic mass is 14.9. The summed E-state index contributed by atoms with van der Waals surface area (Å²) < 4.78 is 0. The molecule has 0 aliphatic heterocycles. The maximum atomic E-state index is 9.33. The van der Waals surface area contributed by atoms with E-state index in [0.29, 0.717) is 6.54 Å². The van der Waals surface area contributed by atoms with Crippen LogP contribution in [0.4, 0.5) is 0 Å². The van der Waals surface area contributed by atoms with Gasteiger partial charge in [0, 0.05) is 6.54 Å². The Morgan fingerprint density at radius 3 is 2.26 bits per heavy atom. The monoisotopic (exact) mass is 250 g/mol. The van der Waals surface area contributed by atoms with Crippen molar-refractivity contribution in [3.8, 4) is 6.07 Å². The smallest absolute Gasteiger partial charge is 0.121 e. The van der Waals surface area contributed by atoms with Crippen molar-refractivity contribution in [3.05, 3.63) is 70.8 Å². The molecule has 19 heavy (non-hydrogen) atoms. The lowest BCUT2D eigenvalue weighted by Crippen LogP contribution is -2.19. The van der Waals surface area contributed by atoms with E-state index in [0.717, 1.165) is 5.56 Å². The SMILES string of the molecule is Cc1cc(C)cc(C(C#N)NCc2ccccc2)c1. The van der Waals surface area contributed by atoms with Crippen LogP contribution in [0.3, 0.4) is 0 Å². The topological polar surface area (TPSA) is 35.8 Å². The van der Waals surface area contributed by atoms with Crippen LogP contribution in [0.15, 0.2) is 48.5 Å². The summed E-state index contributed by atoms with van der Waals surface area (Å²) in [5.74, 6) is 0. The van der Waals surface area contributed by atoms with Crippen molar-refractivity contribution < 1.29 is 0 Å². The van der Waals surface area contributed by atoms with E-state index < -0.39 is 0 Å². The summed E-state index contributed by atoms with van der Waals surface area (Å²) in [5, 5.41) is 12.6. The maximum absolute atomic E-state index is 9.33. The summed E-state index contributed by atoms with van der Waals surface area (Å²) in [6.45, 7) is 4.82. The fourth-order valence-corrected chi connectivity index (χ4v) is 2.23. The van der Waals surface area contributed by atoms with Gasteiger partial charge in [-0.1, -0.05) is 59.7 Å². The number of aryl methyl sites for hydroxylation is 2. The first-order chi connectivity index (χ1) is 9.19. The minimum atomic E-state index is -0.265. The summed E-state index contributed by atoms with van der Waals surface area (Å²) in [6, 6.07) is 18.5. The third-order valence-corrected chi connectivity index (χ3v) is 3.06. The first-order valence-electron chi connectivity index (χ1n) is 6.44. The van der Waals surface area contributed by atoms with Crippen LogP contribution in [-0.4, -0.2) is 0 Å². The van der Waals surface area contributed by atoms with Crippen LogP contribution in [0.2, 0.25) is 0 Å². The number of nitrogens with zero attached hydrogens (tertiary/aromatic N) is 1. The van der Waals surface area contributed by atoms with Gasteiger partial charge in [-0.2, -0.15) is 5.26 Å². The first-order valence-corrected chi connectivity index (χ1v) is 6.44. The third-order valence-electron chi connectivity index (χ3n) is 3.06. The zero-order valence-corrected chi connectivity index (χ0v) is 11.4. The van der Waals surface area contributed by atoms with Crippen molar-refractivity contribution in [2.45, 2.75) is 26.4 Å². The lowest BCUT2D eigenvalue weighted by Gasteiger charge is -2.13. The molecule has 1 unspecified atom stereocenters. The molecule has 2 aromatic carbocycles. The molecular weight excluding hydrogens is 232 g/mol. The van der Waals surface area contributed by atoms with Gasteiger partial charge < -0.3 is 0 Å². The molecule has 0 saturated heterocycles. The zero-order valence-electron chi connectivity index (χ0n) is 11.4. The maximum Gasteiger partial charge on any atom is 0.121 e. The molecule has 2 rings (SSSR count). The van der Waals surface area contributed by atoms with Crippen LogP contribution in [0.1, 0.15) is 28.3 Å². The van der Waals surface area contributed by atoms with Crippen molar-refractivity contribution in [2.24, 2.45) is 0 Å². The van der Waals surface area contributed by atoms with Crippen molar-refractivity contribution in [1.82, 2.24) is 5.32 Å². The molecule has 0 fully saturated rings. The molecule has 0 aliphatic rings. The van der Waals surface area contributed by atoms with Gasteiger partial charge in [-0.15, -0.1) is 0 Å². The summed E-state index contributed by atoms with van der Waals surface area (Å²) in [4.78, 5) is 0. The van der Waals surface area contributed by atoms with Gasteiger partial charge in [0.1, 0.15) is 6.04 Å². The lowest BCUT2D eigenvalue weighted by atomic mass is 10.0. The van der Waals surface area contributed by atoms with Gasteiger partial charge >= 0.3 is 0 Å². The van der Waals surface area contributed by atoms with Gasteiger partial charge in [0.05, 0.1) is 6.07 Å². The van der Waals surface area contributed by atoms with Crippen LogP contribution < -0.4 is 5.32 Å². The minimum Gasteiger partial charge on any atom is -0.294 e. The van der Waals surface area contributed by atoms with Crippen LogP contribution in [0.25, 0.3) is 0 Å². The predicted octanol–water partition coefficient (Wildman–Crippen LogP) is 3.66. The Labute approximate surface area is 114 Å². The third kappa shape index (κ3) is 3.67. The standard InChI is InChI=1S/C17H18N2/c1-13-8-14(2)10-16(9-13)17(11-18)19-12-15-6-4-3-5-7-15/h3-10,17,19H,12H2,1-2H3. The molecular formula is C17H18N2. The number of benzene rings is 2. The van der Waals surface area contributed by atoms with Gasteiger partial charge in [-0.25, -0.2) is 0 Å². The summed E-state index contributed by atoms with van der Waals surface area (Å²) >= 11 is 0. The molecule has 0 aromatic heterocycles. The highest BCUT2D eigenvalue weighted by molar-refractivity contribution is 5.33. The molecule has 0 spiro atoms. The van der Waals surface area contributed by atoms with E-state index in [1.165, 1.54) is 16.7 Å². The molecule has 0 saturated carbocycles. The number of hydrogen-bond acceptors (Lipinski definition) is 2. The molecule has 2 heteroatoms. The molecule has 0 radical (unpaired) electrons. The number of hydrogen-bond donors (Lipinski definition) is 1. The van der Waals surface area contributed by atoms with E-state index in [-0.39, 0.29) is 6.04 Å². The fourth-order valence-electron chi connectivity index (χ4n) is 2.23. The molecule has 0 bridgehead atoms. The number of nitriles is 1. The summed E-state index contributed by atoms with van der Waals surface area (Å²) in [7, 11) is 0. The van der Waals surface area contributed by atoms with Gasteiger partial charge in [0.15, 0.2) is 0 Å². The van der Waals surface area contributed by atoms with Crippen LogP contribution in [0.5, 0.6) is 0 Å². The van der Waals surface area contributed by atoms with Crippen LogP contribution in [0, 0.1) is 25.2 Å². The van der Waals surface area contributed by atoms with E-state index in [9.17, 15) is 5.26 Å². The van der Waals surface area contributed by atoms with Gasteiger partial charge in [-0.05, 0) is 25.0 Å². The second-order valence-electron chi connectivity index (χ2n) is 4.85. The van der Waals surface area contributed by atoms with Crippen molar-refractivity contribution in [1.29, 1.82) is 5.26 Å². The molecule has 0 aliphatic carbocycles. The Morgan fingerprint density at radius 1 is 1.05 bits per heavy atom. The van der Waals surface area contributed by atoms with Crippen LogP contribution >= 0.6 is 0 Å². The fraction of sp³-hybridized carbons (Fsp3) is 0.235. The van der Waals surface area contributed by atoms with Crippen molar-refractivity contribution in [2.75, 3.05) is 0 Å². The highest BCUT2D eigenvalue weighted by Gasteiger charge is 2.10. The van der Waals surface area contributed by atoms with E-state index in [2.05, 4.69) is 55.6 Å². The molecule has 0 heterocycles. The lowest BCUT2D eigenvalue weighted by molar-refractivity contribution is 0.630. The van der Waals surface area contributed by atoms with E-state index in [1.54, 1.807) is 0 Å². The van der Waals surface area contributed by atoms with E-state index >= 15 is 0 Å². The highest BCUT2D eigenvalue weighted by Crippen LogP contribution is 2.17. The molecule has 2 aromatic rings. The number of nitrogens with one attached hydrogen (secondary N) is 1. The second kappa shape index (κ2) is 6.17. The quantitative estimate of drug-likeness (QED) is 0.899. The average molecular weight is 250 g/mol. The van der Waals surface area contributed by atoms with Gasteiger partial charge in [0.25, 0.3) is 0 Å². The van der Waals surface area contributed by atoms with Gasteiger partial charge in [-0.3, -0.25) is 5.32 Å². The number of rotatable bonds is 4. The first kappa shape index (κ1) is 13.3. The molecule has 1 atom stereocenters. The van der Waals surface area contributed by atoms with Crippen molar-refractivity contribution in [3.63, 3.8) is 0 Å². The molecule has 1 N–H and O–H groups in total. The average Bonchev–Trinajstić information content (AvgIpc) is 2.39. The molecule has 0 amide bonds. The summed E-state index contributed by atoms with van der Waals surface area (Å²) in [6.07, 6.45) is 0. The summed E-state index contributed by atoms with van der Waals surface area (Å²) in [5.41, 5.74) is 4.61. The van der Waals surface area contributed by atoms with Gasteiger partial charge in [0.2, 0.25) is 0 Å². The Hall–Kier alpha value is -2.11. The van der Waals surface area contributed by atoms with Crippen molar-refractivity contribution >= 4 is 0 Å². The molecule has 96 valence electrons. The Bertz CT molecular complexity index is 562. The predicted molar refractivity (Wildman–Crippen MR) is 77.6 cm³/mol. The normalized spacial score (nSPS) is 11.8. The second-order valence-corrected chi connectivity index (χ2v) is 4.85. The Balaban J connectivity index is 2.10. The van der Waals surface area contributed by atoms with Crippen LogP contribution in [-0.2, 0) is 6.54 Å².